The first kappa shape index (κ1) is 16.0. The lowest BCUT2D eigenvalue weighted by atomic mass is 10.2. The van der Waals surface area contributed by atoms with E-state index in [1.54, 1.807) is 0 Å². The molecule has 1 unspecified atom stereocenters. The highest BCUT2D eigenvalue weighted by Gasteiger charge is 2.11. The number of carbonyl (C=O) groups excluding carboxylic acids is 1. The van der Waals surface area contributed by atoms with Gasteiger partial charge in [0.05, 0.1) is 4.83 Å². The molecule has 0 aromatic heterocycles. The largest absolute Gasteiger partial charge is 0.492 e. The Balaban J connectivity index is 2.45. The Labute approximate surface area is 123 Å². The highest BCUT2D eigenvalue weighted by Crippen LogP contribution is 2.17. The fourth-order valence-electron chi connectivity index (χ4n) is 1.39. The second-order valence-corrected chi connectivity index (χ2v) is 5.65. The average molecular weight is 329 g/mol. The van der Waals surface area contributed by atoms with E-state index >= 15 is 0 Å². The second-order valence-electron chi connectivity index (χ2n) is 4.54. The molecule has 1 rings (SSSR count). The zero-order valence-electron chi connectivity index (χ0n) is 11.6. The van der Waals surface area contributed by atoms with Gasteiger partial charge in [-0.3, -0.25) is 4.79 Å². The number of rotatable bonds is 7. The van der Waals surface area contributed by atoms with Gasteiger partial charge in [0.15, 0.2) is 0 Å². The van der Waals surface area contributed by atoms with E-state index in [0.29, 0.717) is 6.61 Å². The van der Waals surface area contributed by atoms with Crippen LogP contribution >= 0.6 is 15.9 Å². The fraction of sp³-hybridized carbons (Fsp3) is 0.500. The molecular formula is C14H21BrN2O2. The third-order valence-corrected chi connectivity index (χ3v) is 3.64. The van der Waals surface area contributed by atoms with Gasteiger partial charge < -0.3 is 15.0 Å². The molecule has 0 saturated heterocycles. The zero-order chi connectivity index (χ0) is 14.3. The summed E-state index contributed by atoms with van der Waals surface area (Å²) in [6.45, 7) is 3.49. The second kappa shape index (κ2) is 8.17. The van der Waals surface area contributed by atoms with Crippen LogP contribution in [0.4, 0.5) is 5.69 Å². The van der Waals surface area contributed by atoms with Crippen LogP contribution < -0.4 is 10.1 Å². The van der Waals surface area contributed by atoms with Crippen molar-refractivity contribution in [2.45, 2.75) is 18.2 Å². The van der Waals surface area contributed by atoms with Gasteiger partial charge in [-0.25, -0.2) is 0 Å². The Hall–Kier alpha value is -1.07. The summed E-state index contributed by atoms with van der Waals surface area (Å²) in [6, 6.07) is 7.41. The van der Waals surface area contributed by atoms with Gasteiger partial charge in [-0.15, -0.1) is 0 Å². The van der Waals surface area contributed by atoms with Gasteiger partial charge >= 0.3 is 0 Å². The third kappa shape index (κ3) is 6.07. The molecule has 0 radical (unpaired) electrons. The quantitative estimate of drug-likeness (QED) is 0.782. The normalized spacial score (nSPS) is 12.3. The molecule has 0 aliphatic rings. The SMILES string of the molecule is CCC(Br)C(=O)Nc1ccc(OCCN(C)C)cc1. The molecule has 4 nitrogen and oxygen atoms in total. The van der Waals surface area contributed by atoms with Gasteiger partial charge in [0.1, 0.15) is 12.4 Å². The third-order valence-electron chi connectivity index (χ3n) is 2.57. The van der Waals surface area contributed by atoms with Crippen molar-refractivity contribution in [3.05, 3.63) is 24.3 Å². The summed E-state index contributed by atoms with van der Waals surface area (Å²) in [5, 5.41) is 2.84. The molecule has 0 aliphatic carbocycles. The summed E-state index contributed by atoms with van der Waals surface area (Å²) in [4.78, 5) is 13.6. The number of ether oxygens (including phenoxy) is 1. The summed E-state index contributed by atoms with van der Waals surface area (Å²) in [5.74, 6) is 0.787. The summed E-state index contributed by atoms with van der Waals surface area (Å²) < 4.78 is 5.58. The molecule has 1 amide bonds. The topological polar surface area (TPSA) is 41.6 Å². The molecule has 1 aromatic carbocycles. The van der Waals surface area contributed by atoms with Crippen molar-refractivity contribution in [1.29, 1.82) is 0 Å². The van der Waals surface area contributed by atoms with Gasteiger partial charge in [-0.05, 0) is 44.8 Å². The van der Waals surface area contributed by atoms with Crippen molar-refractivity contribution in [1.82, 2.24) is 4.90 Å². The molecule has 0 fully saturated rings. The van der Waals surface area contributed by atoms with Crippen LogP contribution in [0.1, 0.15) is 13.3 Å². The predicted octanol–water partition coefficient (Wildman–Crippen LogP) is 2.74. The first-order valence-corrected chi connectivity index (χ1v) is 7.27. The number of nitrogens with one attached hydrogen (secondary N) is 1. The van der Waals surface area contributed by atoms with Crippen molar-refractivity contribution in [3.63, 3.8) is 0 Å². The van der Waals surface area contributed by atoms with Crippen LogP contribution in [0.3, 0.4) is 0 Å². The van der Waals surface area contributed by atoms with Gasteiger partial charge in [0.2, 0.25) is 5.91 Å². The summed E-state index contributed by atoms with van der Waals surface area (Å²) in [6.07, 6.45) is 0.761. The first-order valence-electron chi connectivity index (χ1n) is 6.35. The first-order chi connectivity index (χ1) is 9.02. The Bertz CT molecular complexity index is 393. The number of halogens is 1. The van der Waals surface area contributed by atoms with Crippen molar-refractivity contribution in [2.24, 2.45) is 0 Å². The van der Waals surface area contributed by atoms with Gasteiger partial charge in [0.25, 0.3) is 0 Å². The predicted molar refractivity (Wildman–Crippen MR) is 82.1 cm³/mol. The maximum absolute atomic E-state index is 11.7. The highest BCUT2D eigenvalue weighted by atomic mass is 79.9. The van der Waals surface area contributed by atoms with E-state index in [0.717, 1.165) is 24.4 Å². The van der Waals surface area contributed by atoms with E-state index in [-0.39, 0.29) is 10.7 Å². The Morgan fingerprint density at radius 3 is 2.53 bits per heavy atom. The maximum atomic E-state index is 11.7. The number of benzene rings is 1. The van der Waals surface area contributed by atoms with Crippen LogP contribution in [0.25, 0.3) is 0 Å². The minimum atomic E-state index is -0.150. The summed E-state index contributed by atoms with van der Waals surface area (Å²) in [7, 11) is 4.01. The molecule has 5 heteroatoms. The van der Waals surface area contributed by atoms with Crippen molar-refractivity contribution in [3.8, 4) is 5.75 Å². The van der Waals surface area contributed by atoms with E-state index < -0.39 is 0 Å². The number of likely N-dealkylation sites (N-methyl/N-ethyl adjacent to an activating group) is 1. The molecule has 106 valence electrons. The minimum Gasteiger partial charge on any atom is -0.492 e. The molecule has 0 aliphatic heterocycles. The average Bonchev–Trinajstić information content (AvgIpc) is 2.39. The number of carbonyl (C=O) groups is 1. The summed E-state index contributed by atoms with van der Waals surface area (Å²) in [5.41, 5.74) is 0.780. The number of nitrogens with zero attached hydrogens (tertiary/aromatic N) is 1. The Kier molecular flexibility index (Phi) is 6.87. The molecule has 0 spiro atoms. The van der Waals surface area contributed by atoms with Gasteiger partial charge in [0, 0.05) is 12.2 Å². The number of hydrogen-bond donors (Lipinski definition) is 1. The van der Waals surface area contributed by atoms with Crippen LogP contribution in [0.5, 0.6) is 5.75 Å². The molecule has 0 bridgehead atoms. The molecule has 19 heavy (non-hydrogen) atoms. The molecule has 0 saturated carbocycles. The van der Waals surface area contributed by atoms with Crippen molar-refractivity contribution in [2.75, 3.05) is 32.6 Å². The standard InChI is InChI=1S/C14H21BrN2O2/c1-4-13(15)14(18)16-11-5-7-12(8-6-11)19-10-9-17(2)3/h5-8,13H,4,9-10H2,1-3H3,(H,16,18). The van der Waals surface area contributed by atoms with E-state index in [2.05, 4.69) is 26.1 Å². The lowest BCUT2D eigenvalue weighted by Crippen LogP contribution is -2.22. The van der Waals surface area contributed by atoms with Crippen molar-refractivity contribution >= 4 is 27.5 Å². The molecule has 0 heterocycles. The van der Waals surface area contributed by atoms with Gasteiger partial charge in [-0.1, -0.05) is 22.9 Å². The molecule has 1 N–H and O–H groups in total. The van der Waals surface area contributed by atoms with E-state index in [4.69, 9.17) is 4.74 Å². The number of hydrogen-bond acceptors (Lipinski definition) is 3. The summed E-state index contributed by atoms with van der Waals surface area (Å²) >= 11 is 3.32. The monoisotopic (exact) mass is 328 g/mol. The maximum Gasteiger partial charge on any atom is 0.238 e. The van der Waals surface area contributed by atoms with Gasteiger partial charge in [-0.2, -0.15) is 0 Å². The number of alkyl halides is 1. The van der Waals surface area contributed by atoms with Crippen LogP contribution in [-0.2, 0) is 4.79 Å². The minimum absolute atomic E-state index is 0.0243. The fourth-order valence-corrected chi connectivity index (χ4v) is 1.50. The van der Waals surface area contributed by atoms with Crippen LogP contribution in [0, 0.1) is 0 Å². The lowest BCUT2D eigenvalue weighted by molar-refractivity contribution is -0.115. The Morgan fingerprint density at radius 2 is 2.00 bits per heavy atom. The van der Waals surface area contributed by atoms with E-state index in [1.165, 1.54) is 0 Å². The Morgan fingerprint density at radius 1 is 1.37 bits per heavy atom. The van der Waals surface area contributed by atoms with E-state index in [1.807, 2.05) is 45.3 Å². The van der Waals surface area contributed by atoms with Crippen LogP contribution in [0.2, 0.25) is 0 Å². The number of anilines is 1. The van der Waals surface area contributed by atoms with E-state index in [9.17, 15) is 4.79 Å². The molecule has 1 aromatic rings. The smallest absolute Gasteiger partial charge is 0.238 e. The number of amides is 1. The molecule has 1 atom stereocenters. The molecular weight excluding hydrogens is 308 g/mol. The lowest BCUT2D eigenvalue weighted by Gasteiger charge is -2.12. The van der Waals surface area contributed by atoms with Crippen LogP contribution in [0.15, 0.2) is 24.3 Å². The van der Waals surface area contributed by atoms with Crippen LogP contribution in [-0.4, -0.2) is 42.9 Å². The zero-order valence-corrected chi connectivity index (χ0v) is 13.2. The highest BCUT2D eigenvalue weighted by molar-refractivity contribution is 9.10. The van der Waals surface area contributed by atoms with Crippen molar-refractivity contribution < 1.29 is 9.53 Å².